The monoisotopic (exact) mass is 195 g/mol. The average molecular weight is 195 g/mol. The summed E-state index contributed by atoms with van der Waals surface area (Å²) in [5.41, 5.74) is 6.20. The summed E-state index contributed by atoms with van der Waals surface area (Å²) >= 11 is 0. The van der Waals surface area contributed by atoms with E-state index < -0.39 is 0 Å². The number of hydrogen-bond donors (Lipinski definition) is 1. The van der Waals surface area contributed by atoms with Crippen LogP contribution < -0.4 is 10.6 Å². The molecule has 1 heterocycles. The van der Waals surface area contributed by atoms with Gasteiger partial charge in [0.2, 0.25) is 0 Å². The van der Waals surface area contributed by atoms with Gasteiger partial charge >= 0.3 is 0 Å². The van der Waals surface area contributed by atoms with Crippen LogP contribution in [0.2, 0.25) is 0 Å². The molecule has 0 spiro atoms. The van der Waals surface area contributed by atoms with Gasteiger partial charge in [-0.2, -0.15) is 0 Å². The molecule has 0 aliphatic rings. The molecular formula is C10H14FN3. The molecule has 3 nitrogen and oxygen atoms in total. The van der Waals surface area contributed by atoms with Crippen LogP contribution in [0.4, 0.5) is 10.2 Å². The first-order chi connectivity index (χ1) is 6.69. The maximum atomic E-state index is 12.8. The van der Waals surface area contributed by atoms with Crippen LogP contribution in [0.1, 0.15) is 5.56 Å². The van der Waals surface area contributed by atoms with Crippen molar-refractivity contribution in [3.8, 4) is 0 Å². The van der Waals surface area contributed by atoms with Gasteiger partial charge in [0.15, 0.2) is 0 Å². The van der Waals surface area contributed by atoms with Gasteiger partial charge < -0.3 is 10.6 Å². The highest BCUT2D eigenvalue weighted by Crippen LogP contribution is 2.16. The molecule has 4 heteroatoms. The van der Waals surface area contributed by atoms with Gasteiger partial charge in [-0.25, -0.2) is 9.37 Å². The first-order valence-electron chi connectivity index (χ1n) is 4.35. The van der Waals surface area contributed by atoms with Crippen molar-refractivity contribution in [1.82, 2.24) is 4.98 Å². The van der Waals surface area contributed by atoms with E-state index in [1.165, 1.54) is 12.3 Å². The van der Waals surface area contributed by atoms with E-state index in [9.17, 15) is 4.39 Å². The van der Waals surface area contributed by atoms with E-state index in [1.54, 1.807) is 6.08 Å². The Morgan fingerprint density at radius 1 is 1.71 bits per heavy atom. The fourth-order valence-electron chi connectivity index (χ4n) is 1.25. The highest BCUT2D eigenvalue weighted by molar-refractivity contribution is 5.46. The van der Waals surface area contributed by atoms with Gasteiger partial charge in [0.25, 0.3) is 0 Å². The van der Waals surface area contributed by atoms with Crippen molar-refractivity contribution in [3.63, 3.8) is 0 Å². The number of hydrogen-bond acceptors (Lipinski definition) is 3. The van der Waals surface area contributed by atoms with Crippen LogP contribution in [0, 0.1) is 5.82 Å². The Hall–Kier alpha value is -1.42. The van der Waals surface area contributed by atoms with Gasteiger partial charge in [0.1, 0.15) is 11.6 Å². The van der Waals surface area contributed by atoms with E-state index in [0.29, 0.717) is 17.9 Å². The van der Waals surface area contributed by atoms with E-state index >= 15 is 0 Å². The molecular weight excluding hydrogens is 181 g/mol. The highest BCUT2D eigenvalue weighted by Gasteiger charge is 2.07. The third kappa shape index (κ3) is 2.29. The molecule has 0 saturated carbocycles. The van der Waals surface area contributed by atoms with Gasteiger partial charge in [0, 0.05) is 25.7 Å². The van der Waals surface area contributed by atoms with Gasteiger partial charge in [0.05, 0.1) is 6.20 Å². The predicted molar refractivity (Wildman–Crippen MR) is 55.6 cm³/mol. The first-order valence-corrected chi connectivity index (χ1v) is 4.35. The molecule has 2 N–H and O–H groups in total. The highest BCUT2D eigenvalue weighted by atomic mass is 19.1. The number of nitrogens with zero attached hydrogens (tertiary/aromatic N) is 2. The third-order valence-corrected chi connectivity index (χ3v) is 1.89. The van der Waals surface area contributed by atoms with Crippen LogP contribution in [-0.2, 0) is 6.54 Å². The summed E-state index contributed by atoms with van der Waals surface area (Å²) in [6.45, 7) is 4.56. The predicted octanol–water partition coefficient (Wildman–Crippen LogP) is 1.30. The van der Waals surface area contributed by atoms with E-state index in [4.69, 9.17) is 5.73 Å². The zero-order valence-electron chi connectivity index (χ0n) is 8.20. The Kier molecular flexibility index (Phi) is 3.59. The number of rotatable bonds is 4. The van der Waals surface area contributed by atoms with Gasteiger partial charge in [-0.3, -0.25) is 0 Å². The molecule has 0 bridgehead atoms. The van der Waals surface area contributed by atoms with Crippen LogP contribution in [-0.4, -0.2) is 18.6 Å². The quantitative estimate of drug-likeness (QED) is 0.736. The van der Waals surface area contributed by atoms with Crippen LogP contribution in [0.15, 0.2) is 24.9 Å². The minimum atomic E-state index is -0.360. The van der Waals surface area contributed by atoms with Crippen molar-refractivity contribution in [2.24, 2.45) is 5.73 Å². The van der Waals surface area contributed by atoms with Crippen molar-refractivity contribution in [2.75, 3.05) is 18.5 Å². The maximum absolute atomic E-state index is 12.8. The van der Waals surface area contributed by atoms with Gasteiger partial charge in [-0.1, -0.05) is 6.08 Å². The molecule has 0 aromatic carbocycles. The number of pyridine rings is 1. The molecule has 1 rings (SSSR count). The van der Waals surface area contributed by atoms with Crippen molar-refractivity contribution in [1.29, 1.82) is 0 Å². The summed E-state index contributed by atoms with van der Waals surface area (Å²) in [6.07, 6.45) is 2.94. The number of likely N-dealkylation sites (N-methyl/N-ethyl adjacent to an activating group) is 1. The molecule has 1 aromatic rings. The second kappa shape index (κ2) is 4.72. The maximum Gasteiger partial charge on any atom is 0.141 e. The van der Waals surface area contributed by atoms with E-state index in [-0.39, 0.29) is 12.4 Å². The van der Waals surface area contributed by atoms with Crippen molar-refractivity contribution in [2.45, 2.75) is 6.54 Å². The van der Waals surface area contributed by atoms with Gasteiger partial charge in [-0.15, -0.1) is 6.58 Å². The fraction of sp³-hybridized carbons (Fsp3) is 0.300. The molecule has 0 aliphatic carbocycles. The zero-order chi connectivity index (χ0) is 10.6. The number of anilines is 1. The van der Waals surface area contributed by atoms with Crippen LogP contribution in [0.25, 0.3) is 0 Å². The lowest BCUT2D eigenvalue weighted by molar-refractivity contribution is 0.618. The SMILES string of the molecule is C=CCN(C)c1ncc(F)cc1CN. The average Bonchev–Trinajstić information content (AvgIpc) is 2.17. The molecule has 0 amide bonds. The molecule has 0 unspecified atom stereocenters. The van der Waals surface area contributed by atoms with Crippen molar-refractivity contribution >= 4 is 5.82 Å². The van der Waals surface area contributed by atoms with Crippen LogP contribution in [0.5, 0.6) is 0 Å². The lowest BCUT2D eigenvalue weighted by Crippen LogP contribution is -2.20. The second-order valence-corrected chi connectivity index (χ2v) is 3.01. The number of nitrogens with two attached hydrogens (primary N) is 1. The molecule has 76 valence electrons. The number of aromatic nitrogens is 1. The minimum absolute atomic E-state index is 0.279. The summed E-state index contributed by atoms with van der Waals surface area (Å²) in [5, 5.41) is 0. The van der Waals surface area contributed by atoms with Crippen molar-refractivity contribution < 1.29 is 4.39 Å². The summed E-state index contributed by atoms with van der Waals surface area (Å²) in [4.78, 5) is 5.86. The van der Waals surface area contributed by atoms with E-state index in [0.717, 1.165) is 0 Å². The molecule has 0 atom stereocenters. The molecule has 0 saturated heterocycles. The summed E-state index contributed by atoms with van der Waals surface area (Å²) in [5.74, 6) is 0.343. The number of halogens is 1. The third-order valence-electron chi connectivity index (χ3n) is 1.89. The van der Waals surface area contributed by atoms with Crippen LogP contribution in [0.3, 0.4) is 0 Å². The Morgan fingerprint density at radius 3 is 3.00 bits per heavy atom. The second-order valence-electron chi connectivity index (χ2n) is 3.01. The smallest absolute Gasteiger partial charge is 0.141 e. The first kappa shape index (κ1) is 10.7. The van der Waals surface area contributed by atoms with Crippen molar-refractivity contribution in [3.05, 3.63) is 36.3 Å². The van der Waals surface area contributed by atoms with Gasteiger partial charge in [-0.05, 0) is 6.07 Å². The standard InChI is InChI=1S/C10H14FN3/c1-3-4-14(2)10-8(6-12)5-9(11)7-13-10/h3,5,7H,1,4,6,12H2,2H3. The summed E-state index contributed by atoms with van der Waals surface area (Å²) < 4.78 is 12.8. The molecule has 0 aliphatic heterocycles. The largest absolute Gasteiger partial charge is 0.356 e. The normalized spacial score (nSPS) is 9.93. The topological polar surface area (TPSA) is 42.2 Å². The summed E-state index contributed by atoms with van der Waals surface area (Å²) in [6, 6.07) is 1.40. The Labute approximate surface area is 83.1 Å². The molecule has 14 heavy (non-hydrogen) atoms. The van der Waals surface area contributed by atoms with Crippen LogP contribution >= 0.6 is 0 Å². The Balaban J connectivity index is 3.00. The lowest BCUT2D eigenvalue weighted by atomic mass is 10.2. The van der Waals surface area contributed by atoms with E-state index in [2.05, 4.69) is 11.6 Å². The Bertz CT molecular complexity index is 325. The Morgan fingerprint density at radius 2 is 2.43 bits per heavy atom. The zero-order valence-corrected chi connectivity index (χ0v) is 8.20. The molecule has 0 radical (unpaired) electrons. The minimum Gasteiger partial charge on any atom is -0.356 e. The van der Waals surface area contributed by atoms with E-state index in [1.807, 2.05) is 11.9 Å². The molecule has 0 fully saturated rings. The fourth-order valence-corrected chi connectivity index (χ4v) is 1.25. The summed E-state index contributed by atoms with van der Waals surface area (Å²) in [7, 11) is 1.86. The lowest BCUT2D eigenvalue weighted by Gasteiger charge is -2.18. The molecule has 1 aromatic heterocycles.